The number of nitrogen functional groups attached to an aromatic ring is 1. The topological polar surface area (TPSA) is 66.0 Å². The van der Waals surface area contributed by atoms with Crippen molar-refractivity contribution in [2.75, 3.05) is 19.6 Å². The number of hydrogen-bond acceptors (Lipinski definition) is 4. The van der Waals surface area contributed by atoms with E-state index < -0.39 is 0 Å². The first-order valence-corrected chi connectivity index (χ1v) is 8.51. The minimum Gasteiger partial charge on any atom is -0.383 e. The predicted molar refractivity (Wildman–Crippen MR) is 83.6 cm³/mol. The van der Waals surface area contributed by atoms with Gasteiger partial charge in [0.05, 0.1) is 15.6 Å². The number of nitrogens with one attached hydrogen (secondary N) is 1. The third kappa shape index (κ3) is 3.20. The van der Waals surface area contributed by atoms with Crippen molar-refractivity contribution in [1.82, 2.24) is 9.88 Å². The van der Waals surface area contributed by atoms with Crippen LogP contribution in [0.1, 0.15) is 54.1 Å². The Morgan fingerprint density at radius 1 is 1.35 bits per heavy atom. The maximum atomic E-state index is 7.70. The number of nitrogens with zero attached hydrogens (tertiary/aromatic N) is 2. The van der Waals surface area contributed by atoms with Crippen LogP contribution in [0.15, 0.2) is 0 Å². The van der Waals surface area contributed by atoms with E-state index in [0.29, 0.717) is 5.92 Å². The average Bonchev–Trinajstić information content (AvgIpc) is 3.18. The summed E-state index contributed by atoms with van der Waals surface area (Å²) < 4.78 is 0. The number of likely N-dealkylation sites (tertiary alicyclic amines) is 1. The van der Waals surface area contributed by atoms with Crippen LogP contribution >= 0.6 is 11.3 Å². The number of rotatable bonds is 5. The van der Waals surface area contributed by atoms with Gasteiger partial charge in [-0.05, 0) is 44.7 Å². The van der Waals surface area contributed by atoms with E-state index in [1.54, 1.807) is 11.3 Å². The lowest BCUT2D eigenvalue weighted by Gasteiger charge is -2.29. The van der Waals surface area contributed by atoms with Crippen molar-refractivity contribution in [3.05, 3.63) is 15.6 Å². The van der Waals surface area contributed by atoms with Gasteiger partial charge in [0, 0.05) is 18.9 Å². The van der Waals surface area contributed by atoms with Gasteiger partial charge in [-0.25, -0.2) is 4.98 Å². The van der Waals surface area contributed by atoms with Gasteiger partial charge in [-0.1, -0.05) is 6.92 Å². The summed E-state index contributed by atoms with van der Waals surface area (Å²) in [6.45, 7) is 5.89. The van der Waals surface area contributed by atoms with E-state index in [2.05, 4.69) is 11.8 Å². The van der Waals surface area contributed by atoms with Gasteiger partial charge in [0.15, 0.2) is 0 Å². The van der Waals surface area contributed by atoms with Crippen LogP contribution in [-0.4, -0.2) is 35.4 Å². The standard InChI is InChI=1S/C15H24N4S/c1-10-4-7-19(8-5-10)9-6-12-18-13(11-2-3-11)14(20-12)15(16)17/h10-11H,2-9H2,1H3,(H3,16,17). The summed E-state index contributed by atoms with van der Waals surface area (Å²) in [5.74, 6) is 1.66. The molecular weight excluding hydrogens is 268 g/mol. The molecule has 2 fully saturated rings. The van der Waals surface area contributed by atoms with E-state index in [9.17, 15) is 0 Å². The molecule has 5 heteroatoms. The van der Waals surface area contributed by atoms with Gasteiger partial charge in [-0.3, -0.25) is 5.41 Å². The van der Waals surface area contributed by atoms with Crippen molar-refractivity contribution in [2.24, 2.45) is 11.7 Å². The van der Waals surface area contributed by atoms with Gasteiger partial charge in [-0.15, -0.1) is 11.3 Å². The molecule has 0 atom stereocenters. The second-order valence-electron chi connectivity index (χ2n) is 6.28. The van der Waals surface area contributed by atoms with E-state index in [1.165, 1.54) is 38.8 Å². The van der Waals surface area contributed by atoms with Crippen molar-refractivity contribution in [3.63, 3.8) is 0 Å². The van der Waals surface area contributed by atoms with Crippen LogP contribution in [0.2, 0.25) is 0 Å². The summed E-state index contributed by atoms with van der Waals surface area (Å²) in [5, 5.41) is 8.86. The average molecular weight is 292 g/mol. The van der Waals surface area contributed by atoms with Crippen LogP contribution in [0.25, 0.3) is 0 Å². The molecule has 1 aromatic heterocycles. The lowest BCUT2D eigenvalue weighted by molar-refractivity contribution is 0.194. The molecule has 4 nitrogen and oxygen atoms in total. The second-order valence-corrected chi connectivity index (χ2v) is 7.37. The van der Waals surface area contributed by atoms with Crippen LogP contribution in [0.3, 0.4) is 0 Å². The van der Waals surface area contributed by atoms with Crippen LogP contribution in [-0.2, 0) is 6.42 Å². The van der Waals surface area contributed by atoms with Crippen molar-refractivity contribution in [1.29, 1.82) is 5.41 Å². The number of amidine groups is 1. The van der Waals surface area contributed by atoms with Gasteiger partial charge in [0.25, 0.3) is 0 Å². The summed E-state index contributed by atoms with van der Waals surface area (Å²) in [6.07, 6.45) is 6.08. The molecule has 1 saturated carbocycles. The minimum absolute atomic E-state index is 0.197. The molecule has 0 amide bonds. The SMILES string of the molecule is CC1CCN(CCc2nc(C3CC3)c(C(=N)N)s2)CC1. The maximum Gasteiger partial charge on any atom is 0.135 e. The molecule has 0 radical (unpaired) electrons. The highest BCUT2D eigenvalue weighted by atomic mass is 32.1. The molecule has 3 N–H and O–H groups in total. The Morgan fingerprint density at radius 3 is 2.65 bits per heavy atom. The van der Waals surface area contributed by atoms with Crippen LogP contribution in [0.4, 0.5) is 0 Å². The number of aromatic nitrogens is 1. The molecule has 0 aromatic carbocycles. The summed E-state index contributed by atoms with van der Waals surface area (Å²) >= 11 is 1.64. The highest BCUT2D eigenvalue weighted by Gasteiger charge is 2.30. The van der Waals surface area contributed by atoms with E-state index in [0.717, 1.165) is 34.5 Å². The van der Waals surface area contributed by atoms with Crippen LogP contribution in [0.5, 0.6) is 0 Å². The number of piperidine rings is 1. The Bertz CT molecular complexity index is 484. The zero-order valence-corrected chi connectivity index (χ0v) is 13.0. The van der Waals surface area contributed by atoms with Crippen molar-refractivity contribution < 1.29 is 0 Å². The van der Waals surface area contributed by atoms with Crippen molar-refractivity contribution in [2.45, 2.75) is 44.9 Å². The largest absolute Gasteiger partial charge is 0.383 e. The van der Waals surface area contributed by atoms with E-state index in [1.807, 2.05) is 0 Å². The summed E-state index contributed by atoms with van der Waals surface area (Å²) in [7, 11) is 0. The smallest absolute Gasteiger partial charge is 0.135 e. The van der Waals surface area contributed by atoms with Crippen molar-refractivity contribution >= 4 is 17.2 Å². The first-order valence-electron chi connectivity index (χ1n) is 7.70. The Hall–Kier alpha value is -0.940. The normalized spacial score (nSPS) is 21.2. The van der Waals surface area contributed by atoms with E-state index in [-0.39, 0.29) is 5.84 Å². The fourth-order valence-electron chi connectivity index (χ4n) is 2.85. The quantitative estimate of drug-likeness (QED) is 0.647. The van der Waals surface area contributed by atoms with E-state index >= 15 is 0 Å². The molecule has 0 bridgehead atoms. The molecule has 2 heterocycles. The fraction of sp³-hybridized carbons (Fsp3) is 0.733. The molecule has 3 rings (SSSR count). The Labute approximate surface area is 124 Å². The lowest BCUT2D eigenvalue weighted by Crippen LogP contribution is -2.34. The molecule has 2 aliphatic rings. The molecular formula is C15H24N4S. The van der Waals surface area contributed by atoms with Crippen molar-refractivity contribution in [3.8, 4) is 0 Å². The van der Waals surface area contributed by atoms with Crippen LogP contribution in [0, 0.1) is 11.3 Å². The third-order valence-electron chi connectivity index (χ3n) is 4.42. The Balaban J connectivity index is 1.60. The zero-order chi connectivity index (χ0) is 14.1. The molecule has 1 aromatic rings. The van der Waals surface area contributed by atoms with Gasteiger partial charge in [0.2, 0.25) is 0 Å². The molecule has 1 aliphatic heterocycles. The number of nitrogens with two attached hydrogens (primary N) is 1. The molecule has 20 heavy (non-hydrogen) atoms. The van der Waals surface area contributed by atoms with Gasteiger partial charge in [0.1, 0.15) is 5.84 Å². The zero-order valence-electron chi connectivity index (χ0n) is 12.2. The maximum absolute atomic E-state index is 7.70. The van der Waals surface area contributed by atoms with Gasteiger partial charge >= 0.3 is 0 Å². The molecule has 0 unspecified atom stereocenters. The summed E-state index contributed by atoms with van der Waals surface area (Å²) in [5.41, 5.74) is 6.79. The molecule has 0 spiro atoms. The minimum atomic E-state index is 0.197. The first-order chi connectivity index (χ1) is 9.63. The number of thiazole rings is 1. The van der Waals surface area contributed by atoms with Crippen LogP contribution < -0.4 is 5.73 Å². The van der Waals surface area contributed by atoms with E-state index in [4.69, 9.17) is 16.1 Å². The highest BCUT2D eigenvalue weighted by molar-refractivity contribution is 7.13. The monoisotopic (exact) mass is 292 g/mol. The first kappa shape index (κ1) is 14.0. The summed E-state index contributed by atoms with van der Waals surface area (Å²) in [6, 6.07) is 0. The predicted octanol–water partition coefficient (Wildman–Crippen LogP) is 2.58. The summed E-state index contributed by atoms with van der Waals surface area (Å²) in [4.78, 5) is 8.24. The Morgan fingerprint density at radius 2 is 2.05 bits per heavy atom. The molecule has 1 saturated heterocycles. The molecule has 1 aliphatic carbocycles. The second kappa shape index (κ2) is 5.82. The lowest BCUT2D eigenvalue weighted by atomic mass is 9.99. The Kier molecular flexibility index (Phi) is 4.08. The highest BCUT2D eigenvalue weighted by Crippen LogP contribution is 2.42. The third-order valence-corrected chi connectivity index (χ3v) is 5.59. The fourth-order valence-corrected chi connectivity index (χ4v) is 3.85. The molecule has 110 valence electrons. The van der Waals surface area contributed by atoms with Gasteiger partial charge in [-0.2, -0.15) is 0 Å². The number of hydrogen-bond donors (Lipinski definition) is 2. The van der Waals surface area contributed by atoms with Gasteiger partial charge < -0.3 is 10.6 Å².